The number of amides is 1. The highest BCUT2D eigenvalue weighted by Gasteiger charge is 2.41. The van der Waals surface area contributed by atoms with E-state index < -0.39 is 18.0 Å². The van der Waals surface area contributed by atoms with Gasteiger partial charge in [0, 0.05) is 13.1 Å². The van der Waals surface area contributed by atoms with Crippen LogP contribution in [-0.4, -0.2) is 40.3 Å². The van der Waals surface area contributed by atoms with Crippen molar-refractivity contribution in [3.05, 3.63) is 11.9 Å². The second kappa shape index (κ2) is 4.51. The Hall–Kier alpha value is -1.73. The molecule has 1 fully saturated rings. The zero-order valence-corrected chi connectivity index (χ0v) is 9.50. The number of aromatic amines is 1. The molecular weight excluding hydrogens is 249 g/mol. The van der Waals surface area contributed by atoms with Crippen LogP contribution in [0.5, 0.6) is 0 Å². The first-order chi connectivity index (χ1) is 8.39. The molecule has 2 heterocycles. The maximum Gasteiger partial charge on any atom is 0.391 e. The SMILES string of the molecule is Nc1cn[nH]c1C(=O)N1CCC(C(F)(F)F)CC1. The lowest BCUT2D eigenvalue weighted by Crippen LogP contribution is -2.42. The number of piperidine rings is 1. The molecule has 0 aliphatic carbocycles. The van der Waals surface area contributed by atoms with Crippen LogP contribution in [0.3, 0.4) is 0 Å². The first kappa shape index (κ1) is 12.7. The fourth-order valence-corrected chi connectivity index (χ4v) is 2.03. The predicted octanol–water partition coefficient (Wildman–Crippen LogP) is 1.41. The molecule has 1 aliphatic heterocycles. The number of nitrogen functional groups attached to an aromatic ring is 1. The second-order valence-electron chi connectivity index (χ2n) is 4.31. The number of hydrogen-bond donors (Lipinski definition) is 2. The number of rotatable bonds is 1. The zero-order valence-electron chi connectivity index (χ0n) is 9.50. The fourth-order valence-electron chi connectivity index (χ4n) is 2.03. The smallest absolute Gasteiger partial charge is 0.391 e. The molecule has 1 aromatic rings. The van der Waals surface area contributed by atoms with Crippen LogP contribution in [0.25, 0.3) is 0 Å². The minimum atomic E-state index is -4.18. The molecule has 1 aromatic heterocycles. The van der Waals surface area contributed by atoms with Crippen molar-refractivity contribution in [1.29, 1.82) is 0 Å². The van der Waals surface area contributed by atoms with E-state index in [4.69, 9.17) is 5.73 Å². The van der Waals surface area contributed by atoms with Gasteiger partial charge in [0.15, 0.2) is 0 Å². The molecule has 0 radical (unpaired) electrons. The Labute approximate surface area is 101 Å². The molecule has 2 rings (SSSR count). The predicted molar refractivity (Wildman–Crippen MR) is 57.7 cm³/mol. The number of hydrogen-bond acceptors (Lipinski definition) is 3. The Balaban J connectivity index is 1.99. The van der Waals surface area contributed by atoms with Gasteiger partial charge in [0.1, 0.15) is 5.69 Å². The number of carbonyl (C=O) groups is 1. The Morgan fingerprint density at radius 1 is 1.44 bits per heavy atom. The molecule has 0 saturated carbocycles. The third-order valence-electron chi connectivity index (χ3n) is 3.13. The average molecular weight is 262 g/mol. The normalized spacial score (nSPS) is 18.1. The summed E-state index contributed by atoms with van der Waals surface area (Å²) in [4.78, 5) is 13.3. The number of alkyl halides is 3. The molecule has 0 bridgehead atoms. The molecular formula is C10H13F3N4O. The third-order valence-corrected chi connectivity index (χ3v) is 3.13. The van der Waals surface area contributed by atoms with Gasteiger partial charge in [-0.2, -0.15) is 18.3 Å². The molecule has 8 heteroatoms. The van der Waals surface area contributed by atoms with Crippen molar-refractivity contribution in [3.63, 3.8) is 0 Å². The van der Waals surface area contributed by atoms with Gasteiger partial charge in [-0.05, 0) is 12.8 Å². The summed E-state index contributed by atoms with van der Waals surface area (Å²) in [7, 11) is 0. The van der Waals surface area contributed by atoms with Crippen LogP contribution in [0.4, 0.5) is 18.9 Å². The Kier molecular flexibility index (Phi) is 3.18. The number of aromatic nitrogens is 2. The van der Waals surface area contributed by atoms with Crippen LogP contribution in [0, 0.1) is 5.92 Å². The van der Waals surface area contributed by atoms with Gasteiger partial charge < -0.3 is 10.6 Å². The van der Waals surface area contributed by atoms with Crippen molar-refractivity contribution in [1.82, 2.24) is 15.1 Å². The molecule has 18 heavy (non-hydrogen) atoms. The maximum absolute atomic E-state index is 12.5. The van der Waals surface area contributed by atoms with Crippen LogP contribution in [0.1, 0.15) is 23.3 Å². The Morgan fingerprint density at radius 3 is 2.50 bits per heavy atom. The molecule has 3 N–H and O–H groups in total. The van der Waals surface area contributed by atoms with E-state index in [-0.39, 0.29) is 37.3 Å². The summed E-state index contributed by atoms with van der Waals surface area (Å²) < 4.78 is 37.4. The Bertz CT molecular complexity index is 435. The van der Waals surface area contributed by atoms with Gasteiger partial charge in [-0.1, -0.05) is 0 Å². The summed E-state index contributed by atoms with van der Waals surface area (Å²) in [5.74, 6) is -1.72. The van der Waals surface area contributed by atoms with Crippen LogP contribution in [-0.2, 0) is 0 Å². The molecule has 0 unspecified atom stereocenters. The largest absolute Gasteiger partial charge is 0.396 e. The lowest BCUT2D eigenvalue weighted by molar-refractivity contribution is -0.183. The molecule has 100 valence electrons. The zero-order chi connectivity index (χ0) is 13.3. The van der Waals surface area contributed by atoms with Crippen molar-refractivity contribution in [2.45, 2.75) is 19.0 Å². The van der Waals surface area contributed by atoms with Gasteiger partial charge in [-0.25, -0.2) is 0 Å². The summed E-state index contributed by atoms with van der Waals surface area (Å²) in [5.41, 5.74) is 5.87. The van der Waals surface area contributed by atoms with E-state index in [0.717, 1.165) is 0 Å². The van der Waals surface area contributed by atoms with E-state index in [9.17, 15) is 18.0 Å². The number of carbonyl (C=O) groups excluding carboxylic acids is 1. The maximum atomic E-state index is 12.5. The summed E-state index contributed by atoms with van der Waals surface area (Å²) in [6.07, 6.45) is -3.01. The highest BCUT2D eigenvalue weighted by molar-refractivity contribution is 5.97. The average Bonchev–Trinajstić information content (AvgIpc) is 2.73. The van der Waals surface area contributed by atoms with Crippen molar-refractivity contribution < 1.29 is 18.0 Å². The monoisotopic (exact) mass is 262 g/mol. The topological polar surface area (TPSA) is 75.0 Å². The van der Waals surface area contributed by atoms with Crippen molar-refractivity contribution in [2.75, 3.05) is 18.8 Å². The van der Waals surface area contributed by atoms with Gasteiger partial charge >= 0.3 is 6.18 Å². The summed E-state index contributed by atoms with van der Waals surface area (Å²) in [5, 5.41) is 6.07. The molecule has 5 nitrogen and oxygen atoms in total. The van der Waals surface area contributed by atoms with Gasteiger partial charge in [0.05, 0.1) is 17.8 Å². The number of nitrogens with two attached hydrogens (primary N) is 1. The van der Waals surface area contributed by atoms with Crippen molar-refractivity contribution in [3.8, 4) is 0 Å². The van der Waals surface area contributed by atoms with Crippen LogP contribution in [0.2, 0.25) is 0 Å². The second-order valence-corrected chi connectivity index (χ2v) is 4.31. The number of nitrogens with one attached hydrogen (secondary N) is 1. The standard InChI is InChI=1S/C10H13F3N4O/c11-10(12,13)6-1-3-17(4-2-6)9(18)8-7(14)5-15-16-8/h5-6H,1-4,14H2,(H,15,16). The van der Waals surface area contributed by atoms with E-state index in [1.54, 1.807) is 0 Å². The number of halogens is 3. The van der Waals surface area contributed by atoms with E-state index in [1.807, 2.05) is 0 Å². The van der Waals surface area contributed by atoms with Crippen molar-refractivity contribution >= 4 is 11.6 Å². The number of nitrogens with zero attached hydrogens (tertiary/aromatic N) is 2. The summed E-state index contributed by atoms with van der Waals surface area (Å²) >= 11 is 0. The van der Waals surface area contributed by atoms with E-state index in [1.165, 1.54) is 11.1 Å². The van der Waals surface area contributed by atoms with E-state index in [2.05, 4.69) is 10.2 Å². The van der Waals surface area contributed by atoms with Crippen LogP contribution < -0.4 is 5.73 Å². The molecule has 0 aromatic carbocycles. The van der Waals surface area contributed by atoms with Gasteiger partial charge in [-0.3, -0.25) is 9.89 Å². The minimum absolute atomic E-state index is 0.0662. The Morgan fingerprint density at radius 2 is 2.06 bits per heavy atom. The fraction of sp³-hybridized carbons (Fsp3) is 0.600. The van der Waals surface area contributed by atoms with Crippen molar-refractivity contribution in [2.24, 2.45) is 5.92 Å². The van der Waals surface area contributed by atoms with Gasteiger partial charge in [-0.15, -0.1) is 0 Å². The van der Waals surface area contributed by atoms with Gasteiger partial charge in [0.2, 0.25) is 0 Å². The molecule has 1 saturated heterocycles. The minimum Gasteiger partial charge on any atom is -0.396 e. The molecule has 0 spiro atoms. The molecule has 1 aliphatic rings. The first-order valence-corrected chi connectivity index (χ1v) is 5.54. The van der Waals surface area contributed by atoms with E-state index >= 15 is 0 Å². The number of H-pyrrole nitrogens is 1. The van der Waals surface area contributed by atoms with Gasteiger partial charge in [0.25, 0.3) is 5.91 Å². The number of likely N-dealkylation sites (tertiary alicyclic amines) is 1. The molecule has 0 atom stereocenters. The highest BCUT2D eigenvalue weighted by atomic mass is 19.4. The lowest BCUT2D eigenvalue weighted by Gasteiger charge is -2.32. The first-order valence-electron chi connectivity index (χ1n) is 5.54. The van der Waals surface area contributed by atoms with Crippen LogP contribution in [0.15, 0.2) is 6.20 Å². The third kappa shape index (κ3) is 2.41. The summed E-state index contributed by atoms with van der Waals surface area (Å²) in [6.45, 7) is 0.170. The summed E-state index contributed by atoms with van der Waals surface area (Å²) in [6, 6.07) is 0. The van der Waals surface area contributed by atoms with E-state index in [0.29, 0.717) is 0 Å². The van der Waals surface area contributed by atoms with Crippen LogP contribution >= 0.6 is 0 Å². The number of anilines is 1. The quantitative estimate of drug-likeness (QED) is 0.803. The highest BCUT2D eigenvalue weighted by Crippen LogP contribution is 2.34. The lowest BCUT2D eigenvalue weighted by atomic mass is 9.96. The molecule has 1 amide bonds.